The molecule has 0 aliphatic carbocycles. The molecular weight excluding hydrogens is 118 g/mol. The van der Waals surface area contributed by atoms with E-state index >= 15 is 0 Å². The molecule has 0 rings (SSSR count). The lowest BCUT2D eigenvalue weighted by molar-refractivity contribution is -0.873. The first-order valence-electron chi connectivity index (χ1n) is 3.05. The molecule has 0 aliphatic rings. The average Bonchev–Trinajstić information content (AvgIpc) is 1.62. The number of rotatable bonds is 3. The Morgan fingerprint density at radius 3 is 1.89 bits per heavy atom. The van der Waals surface area contributed by atoms with Gasteiger partial charge in [0.15, 0.2) is 0 Å². The first-order valence-corrected chi connectivity index (χ1v) is 3.05. The molecule has 0 heterocycles. The van der Waals surface area contributed by atoms with Crippen molar-refractivity contribution in [2.75, 3.05) is 34.3 Å². The lowest BCUT2D eigenvalue weighted by Crippen LogP contribution is -2.42. The van der Waals surface area contributed by atoms with Crippen LogP contribution in [0.3, 0.4) is 0 Å². The summed E-state index contributed by atoms with van der Waals surface area (Å²) in [5.41, 5.74) is 0. The number of quaternary nitrogens is 1. The average molecular weight is 134 g/mol. The third kappa shape index (κ3) is 5.76. The van der Waals surface area contributed by atoms with Crippen molar-refractivity contribution in [1.29, 1.82) is 0 Å². The van der Waals surface area contributed by atoms with Crippen molar-refractivity contribution in [3.8, 4) is 0 Å². The van der Waals surface area contributed by atoms with E-state index in [0.29, 0.717) is 11.0 Å². The van der Waals surface area contributed by atoms with Gasteiger partial charge in [-0.2, -0.15) is 0 Å². The Kier molecular flexibility index (Phi) is 3.11. The van der Waals surface area contributed by atoms with E-state index in [1.165, 1.54) is 0 Å². The zero-order valence-electron chi connectivity index (χ0n) is 6.33. The van der Waals surface area contributed by atoms with Crippen molar-refractivity contribution in [2.45, 2.75) is 6.10 Å². The van der Waals surface area contributed by atoms with Gasteiger partial charge in [-0.3, -0.25) is 0 Å². The summed E-state index contributed by atoms with van der Waals surface area (Å²) in [6.45, 7) is 0.450. The van der Waals surface area contributed by atoms with Gasteiger partial charge in [-0.25, -0.2) is 0 Å². The van der Waals surface area contributed by atoms with Crippen molar-refractivity contribution in [3.63, 3.8) is 0 Å². The highest BCUT2D eigenvalue weighted by atomic mass is 16.3. The molecule has 9 heavy (non-hydrogen) atoms. The Morgan fingerprint density at radius 1 is 1.33 bits per heavy atom. The van der Waals surface area contributed by atoms with Crippen LogP contribution in [0.1, 0.15) is 0 Å². The first kappa shape index (κ1) is 8.88. The monoisotopic (exact) mass is 134 g/mol. The molecule has 0 spiro atoms. The van der Waals surface area contributed by atoms with Gasteiger partial charge < -0.3 is 14.7 Å². The normalized spacial score (nSPS) is 15.7. The van der Waals surface area contributed by atoms with Gasteiger partial charge in [0.2, 0.25) is 0 Å². The topological polar surface area (TPSA) is 40.5 Å². The molecule has 0 fully saturated rings. The molecule has 0 aromatic heterocycles. The fourth-order valence-corrected chi connectivity index (χ4v) is 0.690. The van der Waals surface area contributed by atoms with Crippen LogP contribution in [0.2, 0.25) is 0 Å². The summed E-state index contributed by atoms with van der Waals surface area (Å²) in [5.74, 6) is 0. The minimum Gasteiger partial charge on any atom is -0.393 e. The first-order chi connectivity index (χ1) is 3.95. The molecule has 2 N–H and O–H groups in total. The van der Waals surface area contributed by atoms with Gasteiger partial charge in [-0.1, -0.05) is 0 Å². The number of likely N-dealkylation sites (N-methyl/N-ethyl adjacent to an activating group) is 1. The van der Waals surface area contributed by atoms with Gasteiger partial charge in [0.05, 0.1) is 27.7 Å². The lowest BCUT2D eigenvalue weighted by atomic mass is 10.3. The number of hydrogen-bond donors (Lipinski definition) is 2. The Hall–Kier alpha value is -0.120. The second-order valence-corrected chi connectivity index (χ2v) is 3.31. The molecule has 0 amide bonds. The molecule has 0 radical (unpaired) electrons. The fraction of sp³-hybridized carbons (Fsp3) is 1.00. The molecular formula is C6H16NO2+. The van der Waals surface area contributed by atoms with Crippen molar-refractivity contribution >= 4 is 0 Å². The SMILES string of the molecule is C[N+](C)(C)C[C@H](O)CO. The molecule has 0 aliphatic heterocycles. The Labute approximate surface area is 56.1 Å². The third-order valence-electron chi connectivity index (χ3n) is 0.969. The summed E-state index contributed by atoms with van der Waals surface area (Å²) < 4.78 is 0.682. The van der Waals surface area contributed by atoms with Crippen LogP contribution in [0.15, 0.2) is 0 Å². The Bertz CT molecular complexity index is 77.6. The van der Waals surface area contributed by atoms with Gasteiger partial charge in [0, 0.05) is 0 Å². The van der Waals surface area contributed by atoms with E-state index in [9.17, 15) is 0 Å². The van der Waals surface area contributed by atoms with Crippen molar-refractivity contribution in [3.05, 3.63) is 0 Å². The Balaban J connectivity index is 3.47. The van der Waals surface area contributed by atoms with E-state index in [-0.39, 0.29) is 6.61 Å². The van der Waals surface area contributed by atoms with Gasteiger partial charge >= 0.3 is 0 Å². The summed E-state index contributed by atoms with van der Waals surface area (Å²) in [6.07, 6.45) is -0.579. The second kappa shape index (κ2) is 3.15. The number of nitrogens with zero attached hydrogens (tertiary/aromatic N) is 1. The van der Waals surface area contributed by atoms with Crippen molar-refractivity contribution in [2.24, 2.45) is 0 Å². The number of aliphatic hydroxyl groups excluding tert-OH is 2. The van der Waals surface area contributed by atoms with Crippen LogP contribution < -0.4 is 0 Å². The van der Waals surface area contributed by atoms with Gasteiger partial charge in [-0.15, -0.1) is 0 Å². The number of aliphatic hydroxyl groups is 2. The van der Waals surface area contributed by atoms with Crippen LogP contribution in [0.4, 0.5) is 0 Å². The predicted molar refractivity (Wildman–Crippen MR) is 36.0 cm³/mol. The van der Waals surface area contributed by atoms with E-state index < -0.39 is 6.10 Å². The largest absolute Gasteiger partial charge is 0.393 e. The molecule has 0 saturated carbocycles. The molecule has 56 valence electrons. The standard InChI is InChI=1S/C6H16NO2/c1-7(2,3)4-6(9)5-8/h6,8-9H,4-5H2,1-3H3/q+1/t6-/m0/s1. The van der Waals surface area contributed by atoms with Crippen LogP contribution in [0.25, 0.3) is 0 Å². The summed E-state index contributed by atoms with van der Waals surface area (Å²) in [4.78, 5) is 0. The molecule has 3 nitrogen and oxygen atoms in total. The van der Waals surface area contributed by atoms with E-state index in [0.717, 1.165) is 0 Å². The van der Waals surface area contributed by atoms with Gasteiger partial charge in [0.25, 0.3) is 0 Å². The molecule has 0 aromatic rings. The maximum Gasteiger partial charge on any atom is 0.126 e. The summed E-state index contributed by atoms with van der Waals surface area (Å²) >= 11 is 0. The van der Waals surface area contributed by atoms with E-state index in [1.807, 2.05) is 21.1 Å². The quantitative estimate of drug-likeness (QED) is 0.488. The minimum atomic E-state index is -0.579. The molecule has 0 aromatic carbocycles. The van der Waals surface area contributed by atoms with E-state index in [2.05, 4.69) is 0 Å². The highest BCUT2D eigenvalue weighted by molar-refractivity contribution is 4.47. The maximum absolute atomic E-state index is 8.93. The van der Waals surface area contributed by atoms with Crippen LogP contribution >= 0.6 is 0 Å². The van der Waals surface area contributed by atoms with E-state index in [4.69, 9.17) is 10.2 Å². The third-order valence-corrected chi connectivity index (χ3v) is 0.969. The minimum absolute atomic E-state index is 0.143. The van der Waals surface area contributed by atoms with Crippen LogP contribution in [-0.4, -0.2) is 55.1 Å². The lowest BCUT2D eigenvalue weighted by Gasteiger charge is -2.25. The summed E-state index contributed by atoms with van der Waals surface area (Å²) in [7, 11) is 5.91. The van der Waals surface area contributed by atoms with Gasteiger partial charge in [-0.05, 0) is 0 Å². The van der Waals surface area contributed by atoms with Gasteiger partial charge in [0.1, 0.15) is 12.6 Å². The highest BCUT2D eigenvalue weighted by Gasteiger charge is 2.13. The maximum atomic E-state index is 8.93. The summed E-state index contributed by atoms with van der Waals surface area (Å²) in [5, 5.41) is 17.4. The molecule has 0 saturated heterocycles. The second-order valence-electron chi connectivity index (χ2n) is 3.31. The fourth-order valence-electron chi connectivity index (χ4n) is 0.690. The highest BCUT2D eigenvalue weighted by Crippen LogP contribution is 1.92. The predicted octanol–water partition coefficient (Wildman–Crippen LogP) is -0.954. The number of hydrogen-bond acceptors (Lipinski definition) is 2. The van der Waals surface area contributed by atoms with Crippen LogP contribution in [0, 0.1) is 0 Å². The Morgan fingerprint density at radius 2 is 1.78 bits per heavy atom. The van der Waals surface area contributed by atoms with Crippen molar-refractivity contribution < 1.29 is 14.7 Å². The summed E-state index contributed by atoms with van der Waals surface area (Å²) in [6, 6.07) is 0. The molecule has 0 bridgehead atoms. The molecule has 1 atom stereocenters. The smallest absolute Gasteiger partial charge is 0.126 e. The molecule has 3 heteroatoms. The van der Waals surface area contributed by atoms with Crippen LogP contribution in [-0.2, 0) is 0 Å². The van der Waals surface area contributed by atoms with E-state index in [1.54, 1.807) is 0 Å². The van der Waals surface area contributed by atoms with Crippen LogP contribution in [0.5, 0.6) is 0 Å². The molecule has 0 unspecified atom stereocenters. The van der Waals surface area contributed by atoms with Crippen molar-refractivity contribution in [1.82, 2.24) is 0 Å². The zero-order valence-corrected chi connectivity index (χ0v) is 6.33. The zero-order chi connectivity index (χ0) is 7.49.